The van der Waals surface area contributed by atoms with Crippen molar-refractivity contribution in [2.24, 2.45) is 0 Å². The van der Waals surface area contributed by atoms with E-state index < -0.39 is 0 Å². The zero-order chi connectivity index (χ0) is 15.5. The molecule has 2 N–H and O–H groups in total. The average Bonchev–Trinajstić information content (AvgIpc) is 2.91. The molecule has 2 aromatic rings. The van der Waals surface area contributed by atoms with Crippen molar-refractivity contribution in [3.8, 4) is 0 Å². The number of hydrogen-bond donors (Lipinski definition) is 1. The summed E-state index contributed by atoms with van der Waals surface area (Å²) in [6.07, 6.45) is 5.15. The molecule has 0 aliphatic heterocycles. The van der Waals surface area contributed by atoms with Gasteiger partial charge in [0.1, 0.15) is 5.01 Å². The lowest BCUT2D eigenvalue weighted by Gasteiger charge is -2.15. The molecule has 22 heavy (non-hydrogen) atoms. The number of likely N-dealkylation sites (N-methyl/N-ethyl adjacent to an activating group) is 1. The predicted molar refractivity (Wildman–Crippen MR) is 89.8 cm³/mol. The van der Waals surface area contributed by atoms with Gasteiger partial charge in [0, 0.05) is 17.6 Å². The van der Waals surface area contributed by atoms with Gasteiger partial charge in [-0.25, -0.2) is 4.98 Å². The van der Waals surface area contributed by atoms with Crippen molar-refractivity contribution in [3.63, 3.8) is 0 Å². The van der Waals surface area contributed by atoms with E-state index in [4.69, 9.17) is 10.7 Å². The van der Waals surface area contributed by atoms with Crippen LogP contribution in [-0.2, 0) is 30.6 Å². The number of nitrogens with two attached hydrogens (primary N) is 1. The highest BCUT2D eigenvalue weighted by Crippen LogP contribution is 2.27. The predicted octanol–water partition coefficient (Wildman–Crippen LogP) is 2.81. The standard InChI is InChI=1S/C17H21N3OS/c1-20(17(21)10-12-6-8-13(18)9-7-12)11-16-19-14-4-2-3-5-15(14)22-16/h6-9H,2-5,10-11,18H2,1H3. The number of amides is 1. The van der Waals surface area contributed by atoms with E-state index in [1.165, 1.54) is 23.4 Å². The van der Waals surface area contributed by atoms with Crippen LogP contribution >= 0.6 is 11.3 Å². The summed E-state index contributed by atoms with van der Waals surface area (Å²) in [6.45, 7) is 0.603. The summed E-state index contributed by atoms with van der Waals surface area (Å²) >= 11 is 1.77. The Morgan fingerprint density at radius 3 is 2.73 bits per heavy atom. The van der Waals surface area contributed by atoms with Crippen molar-refractivity contribution in [1.29, 1.82) is 0 Å². The van der Waals surface area contributed by atoms with Crippen LogP contribution in [0.15, 0.2) is 24.3 Å². The van der Waals surface area contributed by atoms with E-state index >= 15 is 0 Å². The number of aryl methyl sites for hydroxylation is 2. The van der Waals surface area contributed by atoms with Crippen LogP contribution in [0.4, 0.5) is 5.69 Å². The first-order valence-electron chi connectivity index (χ1n) is 7.67. The number of carbonyl (C=O) groups excluding carboxylic acids is 1. The van der Waals surface area contributed by atoms with Crippen molar-refractivity contribution in [3.05, 3.63) is 45.4 Å². The highest BCUT2D eigenvalue weighted by molar-refractivity contribution is 7.11. The zero-order valence-electron chi connectivity index (χ0n) is 12.8. The Bertz CT molecular complexity index is 640. The van der Waals surface area contributed by atoms with Gasteiger partial charge < -0.3 is 10.6 Å². The van der Waals surface area contributed by atoms with E-state index in [0.29, 0.717) is 13.0 Å². The number of fused-ring (bicyclic) bond motifs is 1. The molecule has 1 aliphatic carbocycles. The molecular formula is C17H21N3OS. The van der Waals surface area contributed by atoms with Crippen molar-refractivity contribution >= 4 is 22.9 Å². The molecule has 0 unspecified atom stereocenters. The number of anilines is 1. The summed E-state index contributed by atoms with van der Waals surface area (Å²) in [7, 11) is 1.85. The Morgan fingerprint density at radius 1 is 1.27 bits per heavy atom. The van der Waals surface area contributed by atoms with Gasteiger partial charge in [-0.15, -0.1) is 11.3 Å². The van der Waals surface area contributed by atoms with Gasteiger partial charge in [0.2, 0.25) is 5.91 Å². The molecule has 3 rings (SSSR count). The quantitative estimate of drug-likeness (QED) is 0.883. The van der Waals surface area contributed by atoms with Crippen LogP contribution in [0.2, 0.25) is 0 Å². The number of hydrogen-bond acceptors (Lipinski definition) is 4. The number of benzene rings is 1. The van der Waals surface area contributed by atoms with Crippen LogP contribution in [0.1, 0.15) is 34.0 Å². The smallest absolute Gasteiger partial charge is 0.227 e. The first kappa shape index (κ1) is 15.0. The molecule has 116 valence electrons. The number of nitrogens with zero attached hydrogens (tertiary/aromatic N) is 2. The van der Waals surface area contributed by atoms with E-state index in [1.54, 1.807) is 16.2 Å². The molecule has 0 bridgehead atoms. The normalized spacial score (nSPS) is 13.7. The number of aromatic nitrogens is 1. The maximum Gasteiger partial charge on any atom is 0.227 e. The molecule has 5 heteroatoms. The maximum atomic E-state index is 12.3. The topological polar surface area (TPSA) is 59.2 Å². The van der Waals surface area contributed by atoms with Crippen LogP contribution in [0.25, 0.3) is 0 Å². The van der Waals surface area contributed by atoms with Crippen molar-refractivity contribution in [1.82, 2.24) is 9.88 Å². The number of carbonyl (C=O) groups is 1. The second kappa shape index (κ2) is 6.48. The molecule has 4 nitrogen and oxygen atoms in total. The zero-order valence-corrected chi connectivity index (χ0v) is 13.7. The second-order valence-corrected chi connectivity index (χ2v) is 7.02. The fourth-order valence-corrected chi connectivity index (χ4v) is 3.92. The molecule has 0 saturated heterocycles. The molecule has 1 amide bonds. The summed E-state index contributed by atoms with van der Waals surface area (Å²) in [5.74, 6) is 0.109. The van der Waals surface area contributed by atoms with E-state index in [2.05, 4.69) is 0 Å². The van der Waals surface area contributed by atoms with Gasteiger partial charge in [0.25, 0.3) is 0 Å². The Balaban J connectivity index is 1.61. The van der Waals surface area contributed by atoms with Gasteiger partial charge >= 0.3 is 0 Å². The molecule has 1 aliphatic rings. The lowest BCUT2D eigenvalue weighted by Crippen LogP contribution is -2.27. The van der Waals surface area contributed by atoms with Gasteiger partial charge in [-0.1, -0.05) is 12.1 Å². The van der Waals surface area contributed by atoms with Gasteiger partial charge in [-0.3, -0.25) is 4.79 Å². The van der Waals surface area contributed by atoms with E-state index in [9.17, 15) is 4.79 Å². The molecular weight excluding hydrogens is 294 g/mol. The van der Waals surface area contributed by atoms with Gasteiger partial charge in [0.05, 0.1) is 18.7 Å². The van der Waals surface area contributed by atoms with Gasteiger partial charge in [-0.2, -0.15) is 0 Å². The molecule has 0 spiro atoms. The highest BCUT2D eigenvalue weighted by Gasteiger charge is 2.17. The largest absolute Gasteiger partial charge is 0.399 e. The van der Waals surface area contributed by atoms with Crippen LogP contribution in [0.5, 0.6) is 0 Å². The van der Waals surface area contributed by atoms with Crippen LogP contribution < -0.4 is 5.73 Å². The molecule has 1 aromatic carbocycles. The minimum absolute atomic E-state index is 0.109. The molecule has 0 radical (unpaired) electrons. The Morgan fingerprint density at radius 2 is 2.00 bits per heavy atom. The third kappa shape index (κ3) is 3.47. The SMILES string of the molecule is CN(Cc1nc2c(s1)CCCC2)C(=O)Cc1ccc(N)cc1. The summed E-state index contributed by atoms with van der Waals surface area (Å²) in [5.41, 5.74) is 8.63. The fraction of sp³-hybridized carbons (Fsp3) is 0.412. The first-order chi connectivity index (χ1) is 10.6. The summed E-state index contributed by atoms with van der Waals surface area (Å²) in [4.78, 5) is 20.2. The molecule has 1 heterocycles. The monoisotopic (exact) mass is 315 g/mol. The Kier molecular flexibility index (Phi) is 4.43. The third-order valence-electron chi connectivity index (χ3n) is 4.02. The van der Waals surface area contributed by atoms with Crippen LogP contribution in [-0.4, -0.2) is 22.8 Å². The maximum absolute atomic E-state index is 12.3. The summed E-state index contributed by atoms with van der Waals surface area (Å²) < 4.78 is 0. The van der Waals surface area contributed by atoms with E-state index in [-0.39, 0.29) is 5.91 Å². The van der Waals surface area contributed by atoms with Crippen LogP contribution in [0.3, 0.4) is 0 Å². The lowest BCUT2D eigenvalue weighted by molar-refractivity contribution is -0.129. The van der Waals surface area contributed by atoms with Crippen LogP contribution in [0, 0.1) is 0 Å². The molecule has 0 fully saturated rings. The summed E-state index contributed by atoms with van der Waals surface area (Å²) in [5, 5.41) is 1.06. The molecule has 1 aromatic heterocycles. The van der Waals surface area contributed by atoms with E-state index in [0.717, 1.165) is 29.1 Å². The Labute approximate surface area is 135 Å². The fourth-order valence-electron chi connectivity index (χ4n) is 2.71. The first-order valence-corrected chi connectivity index (χ1v) is 8.49. The average molecular weight is 315 g/mol. The minimum atomic E-state index is 0.109. The van der Waals surface area contributed by atoms with Gasteiger partial charge in [-0.05, 0) is 43.4 Å². The highest BCUT2D eigenvalue weighted by atomic mass is 32.1. The van der Waals surface area contributed by atoms with Crippen molar-refractivity contribution in [2.75, 3.05) is 12.8 Å². The summed E-state index contributed by atoms with van der Waals surface area (Å²) in [6, 6.07) is 7.47. The molecule has 0 saturated carbocycles. The number of thiazole rings is 1. The minimum Gasteiger partial charge on any atom is -0.399 e. The van der Waals surface area contributed by atoms with Crippen molar-refractivity contribution in [2.45, 2.75) is 38.6 Å². The number of nitrogen functional groups attached to an aromatic ring is 1. The second-order valence-electron chi connectivity index (χ2n) is 5.85. The lowest BCUT2D eigenvalue weighted by atomic mass is 10.0. The molecule has 0 atom stereocenters. The third-order valence-corrected chi connectivity index (χ3v) is 5.17. The Hall–Kier alpha value is -1.88. The number of rotatable bonds is 4. The van der Waals surface area contributed by atoms with Gasteiger partial charge in [0.15, 0.2) is 0 Å². The van der Waals surface area contributed by atoms with E-state index in [1.807, 2.05) is 31.3 Å². The van der Waals surface area contributed by atoms with Crippen molar-refractivity contribution < 1.29 is 4.79 Å².